The third-order valence-electron chi connectivity index (χ3n) is 4.53. The van der Waals surface area contributed by atoms with Crippen LogP contribution in [0.15, 0.2) is 29.2 Å². The molecule has 0 spiro atoms. The number of hydrogen-bond acceptors (Lipinski definition) is 5. The molecule has 1 saturated heterocycles. The first-order chi connectivity index (χ1) is 13.3. The number of rotatable bonds is 6. The molecule has 1 heterocycles. The number of benzene rings is 1. The van der Waals surface area contributed by atoms with Crippen molar-refractivity contribution >= 4 is 41.4 Å². The lowest BCUT2D eigenvalue weighted by atomic mass is 10.1. The van der Waals surface area contributed by atoms with E-state index in [1.54, 1.807) is 6.92 Å². The van der Waals surface area contributed by atoms with Crippen LogP contribution < -0.4 is 4.31 Å². The molecule has 1 aromatic carbocycles. The molecular weight excluding hydrogens is 457 g/mol. The number of carbonyl (C=O) groups is 1. The lowest BCUT2D eigenvalue weighted by Crippen LogP contribution is -2.50. The van der Waals surface area contributed by atoms with Crippen molar-refractivity contribution in [3.05, 3.63) is 24.3 Å². The van der Waals surface area contributed by atoms with Gasteiger partial charge >= 0.3 is 12.1 Å². The molecule has 13 heteroatoms. The average Bonchev–Trinajstić information content (AvgIpc) is 2.64. The van der Waals surface area contributed by atoms with E-state index in [1.165, 1.54) is 24.3 Å². The van der Waals surface area contributed by atoms with E-state index in [-0.39, 0.29) is 43.1 Å². The largest absolute Gasteiger partial charge is 0.471 e. The lowest BCUT2D eigenvalue weighted by Gasteiger charge is -2.35. The lowest BCUT2D eigenvalue weighted by molar-refractivity contribution is -0.186. The van der Waals surface area contributed by atoms with Gasteiger partial charge in [-0.1, -0.05) is 6.92 Å². The Morgan fingerprint density at radius 1 is 1.14 bits per heavy atom. The maximum atomic E-state index is 13.1. The van der Waals surface area contributed by atoms with Gasteiger partial charge in [0.1, 0.15) is 0 Å². The van der Waals surface area contributed by atoms with Crippen molar-refractivity contribution in [2.75, 3.05) is 23.9 Å². The van der Waals surface area contributed by atoms with Crippen molar-refractivity contribution < 1.29 is 34.8 Å². The summed E-state index contributed by atoms with van der Waals surface area (Å²) in [5, 5.41) is -0.956. The highest BCUT2D eigenvalue weighted by molar-refractivity contribution is 8.13. The predicted octanol–water partition coefficient (Wildman–Crippen LogP) is 2.71. The van der Waals surface area contributed by atoms with Crippen LogP contribution in [0.3, 0.4) is 0 Å². The Bertz CT molecular complexity index is 942. The van der Waals surface area contributed by atoms with Crippen LogP contribution in [0.25, 0.3) is 0 Å². The van der Waals surface area contributed by atoms with Gasteiger partial charge in [-0.15, -0.1) is 0 Å². The Labute approximate surface area is 171 Å². The van der Waals surface area contributed by atoms with Crippen LogP contribution in [-0.2, 0) is 23.9 Å². The van der Waals surface area contributed by atoms with Gasteiger partial charge in [-0.05, 0) is 43.5 Å². The number of piperidine rings is 1. The fourth-order valence-electron chi connectivity index (χ4n) is 3.10. The molecule has 0 aliphatic carbocycles. The van der Waals surface area contributed by atoms with Crippen molar-refractivity contribution in [1.82, 2.24) is 4.90 Å². The second-order valence-electron chi connectivity index (χ2n) is 6.54. The van der Waals surface area contributed by atoms with Gasteiger partial charge in [-0.2, -0.15) is 13.2 Å². The number of amides is 1. The minimum Gasteiger partial charge on any atom is -0.335 e. The summed E-state index contributed by atoms with van der Waals surface area (Å²) in [7, 11) is -2.64. The van der Waals surface area contributed by atoms with Crippen LogP contribution in [0.1, 0.15) is 26.2 Å². The molecule has 1 aromatic rings. The van der Waals surface area contributed by atoms with E-state index in [0.29, 0.717) is 11.3 Å². The standard InChI is InChI=1S/C16H20ClF3N2O5S2/c1-2-9-22(12-3-5-13(6-4-12)28(17,24)25)29(26,27)14-7-10-21(11-8-14)15(23)16(18,19)20/h3-6,14H,2,7-11H2,1H3. The highest BCUT2D eigenvalue weighted by Gasteiger charge is 2.45. The van der Waals surface area contributed by atoms with Crippen LogP contribution >= 0.6 is 10.7 Å². The van der Waals surface area contributed by atoms with E-state index in [4.69, 9.17) is 10.7 Å². The second kappa shape index (κ2) is 8.68. The Morgan fingerprint density at radius 3 is 2.07 bits per heavy atom. The van der Waals surface area contributed by atoms with Gasteiger partial charge in [0.2, 0.25) is 10.0 Å². The molecule has 1 fully saturated rings. The predicted molar refractivity (Wildman–Crippen MR) is 102 cm³/mol. The minimum atomic E-state index is -5.00. The SMILES string of the molecule is CCCN(c1ccc(S(=O)(=O)Cl)cc1)S(=O)(=O)C1CCN(C(=O)C(F)(F)F)CC1. The third kappa shape index (κ3) is 5.54. The number of likely N-dealkylation sites (tertiary alicyclic amines) is 1. The molecule has 0 bridgehead atoms. The highest BCUT2D eigenvalue weighted by Crippen LogP contribution is 2.29. The summed E-state index contributed by atoms with van der Waals surface area (Å²) < 4.78 is 87.7. The molecule has 1 aliphatic rings. The summed E-state index contributed by atoms with van der Waals surface area (Å²) in [5.74, 6) is -1.98. The number of carbonyl (C=O) groups excluding carboxylic acids is 1. The van der Waals surface area contributed by atoms with Gasteiger partial charge < -0.3 is 4.90 Å². The molecule has 0 aromatic heterocycles. The summed E-state index contributed by atoms with van der Waals surface area (Å²) in [6.07, 6.45) is -4.79. The topological polar surface area (TPSA) is 91.8 Å². The molecule has 0 saturated carbocycles. The Morgan fingerprint density at radius 2 is 1.66 bits per heavy atom. The fourth-order valence-corrected chi connectivity index (χ4v) is 5.89. The van der Waals surface area contributed by atoms with Gasteiger partial charge in [0.15, 0.2) is 0 Å². The molecule has 29 heavy (non-hydrogen) atoms. The molecule has 0 atom stereocenters. The first kappa shape index (κ1) is 23.7. The molecule has 1 aliphatic heterocycles. The molecule has 0 radical (unpaired) electrons. The van der Waals surface area contributed by atoms with Crippen molar-refractivity contribution in [2.24, 2.45) is 0 Å². The summed E-state index contributed by atoms with van der Waals surface area (Å²) in [4.78, 5) is 11.8. The highest BCUT2D eigenvalue weighted by atomic mass is 35.7. The van der Waals surface area contributed by atoms with Crippen LogP contribution in [0.4, 0.5) is 18.9 Å². The summed E-state index contributed by atoms with van der Waals surface area (Å²) in [6.45, 7) is 1.24. The molecule has 7 nitrogen and oxygen atoms in total. The zero-order valence-corrected chi connectivity index (χ0v) is 17.8. The van der Waals surface area contributed by atoms with E-state index in [2.05, 4.69) is 0 Å². The fraction of sp³-hybridized carbons (Fsp3) is 0.562. The number of hydrogen-bond donors (Lipinski definition) is 0. The molecule has 1 amide bonds. The van der Waals surface area contributed by atoms with E-state index >= 15 is 0 Å². The zero-order chi connectivity index (χ0) is 22.0. The maximum Gasteiger partial charge on any atom is 0.471 e. The Hall–Kier alpha value is -1.53. The normalized spacial score (nSPS) is 16.7. The monoisotopic (exact) mass is 476 g/mol. The van der Waals surface area contributed by atoms with Crippen LogP contribution in [-0.4, -0.2) is 58.7 Å². The molecular formula is C16H20ClF3N2O5S2. The maximum absolute atomic E-state index is 13.1. The first-order valence-corrected chi connectivity index (χ1v) is 12.5. The van der Waals surface area contributed by atoms with Gasteiger partial charge in [-0.25, -0.2) is 16.8 Å². The summed E-state index contributed by atoms with van der Waals surface area (Å²) in [5.41, 5.74) is 0.227. The molecule has 0 unspecified atom stereocenters. The molecule has 164 valence electrons. The van der Waals surface area contributed by atoms with E-state index < -0.39 is 36.4 Å². The quantitative estimate of drug-likeness (QED) is 0.589. The number of sulfonamides is 1. The first-order valence-electron chi connectivity index (χ1n) is 8.71. The Balaban J connectivity index is 2.22. The number of alkyl halides is 3. The van der Waals surface area contributed by atoms with Crippen molar-refractivity contribution in [3.8, 4) is 0 Å². The van der Waals surface area contributed by atoms with Gasteiger partial charge in [0.25, 0.3) is 9.05 Å². The van der Waals surface area contributed by atoms with Crippen molar-refractivity contribution in [2.45, 2.75) is 42.5 Å². The van der Waals surface area contributed by atoms with Crippen LogP contribution in [0.5, 0.6) is 0 Å². The van der Waals surface area contributed by atoms with E-state index in [9.17, 15) is 34.8 Å². The Kier molecular flexibility index (Phi) is 7.11. The zero-order valence-electron chi connectivity index (χ0n) is 15.4. The molecule has 2 rings (SSSR count). The second-order valence-corrected chi connectivity index (χ2v) is 11.2. The third-order valence-corrected chi connectivity index (χ3v) is 8.22. The number of anilines is 1. The van der Waals surface area contributed by atoms with Crippen LogP contribution in [0.2, 0.25) is 0 Å². The smallest absolute Gasteiger partial charge is 0.335 e. The summed E-state index contributed by atoms with van der Waals surface area (Å²) >= 11 is 0. The van der Waals surface area contributed by atoms with Crippen molar-refractivity contribution in [1.29, 1.82) is 0 Å². The van der Waals surface area contributed by atoms with Crippen molar-refractivity contribution in [3.63, 3.8) is 0 Å². The van der Waals surface area contributed by atoms with Crippen LogP contribution in [0, 0.1) is 0 Å². The van der Waals surface area contributed by atoms with E-state index in [1.807, 2.05) is 0 Å². The van der Waals surface area contributed by atoms with Gasteiger partial charge in [-0.3, -0.25) is 9.10 Å². The average molecular weight is 477 g/mol. The summed E-state index contributed by atoms with van der Waals surface area (Å²) in [6, 6.07) is 4.98. The van der Waals surface area contributed by atoms with E-state index in [0.717, 1.165) is 4.31 Å². The van der Waals surface area contributed by atoms with Gasteiger partial charge in [0, 0.05) is 30.3 Å². The minimum absolute atomic E-state index is 0.108. The number of nitrogens with zero attached hydrogens (tertiary/aromatic N) is 2. The van der Waals surface area contributed by atoms with Gasteiger partial charge in [0.05, 0.1) is 15.8 Å². The molecule has 0 N–H and O–H groups in total. The number of halogens is 4.